The number of carboxylic acids is 1. The van der Waals surface area contributed by atoms with Crippen molar-refractivity contribution in [3.05, 3.63) is 95.5 Å². The monoisotopic (exact) mass is 624 g/mol. The summed E-state index contributed by atoms with van der Waals surface area (Å²) in [5.74, 6) is -0.504. The van der Waals surface area contributed by atoms with Crippen molar-refractivity contribution in [1.82, 2.24) is 5.32 Å². The van der Waals surface area contributed by atoms with E-state index in [4.69, 9.17) is 21.1 Å². The molecular formula is C32H33ClN2O7S. The zero-order chi connectivity index (χ0) is 31.2. The molecule has 0 atom stereocenters. The Bertz CT molecular complexity index is 1730. The summed E-state index contributed by atoms with van der Waals surface area (Å²) in [5, 5.41) is 13.6. The molecule has 9 nitrogen and oxygen atoms in total. The summed E-state index contributed by atoms with van der Waals surface area (Å²) in [5.41, 5.74) is 0.273. The Labute approximate surface area is 256 Å². The van der Waals surface area contributed by atoms with Crippen LogP contribution in [0.2, 0.25) is 5.02 Å². The number of carbonyl (C=O) groups excluding carboxylic acids is 1. The number of hydrogen-bond acceptors (Lipinski definition) is 6. The van der Waals surface area contributed by atoms with Gasteiger partial charge in [0.05, 0.1) is 10.6 Å². The number of carbonyl (C=O) groups is 2. The third-order valence-electron chi connectivity index (χ3n) is 6.22. The summed E-state index contributed by atoms with van der Waals surface area (Å²) >= 11 is 6.32. The quantitative estimate of drug-likeness (QED) is 0.179. The van der Waals surface area contributed by atoms with E-state index in [1.807, 2.05) is 18.2 Å². The maximum absolute atomic E-state index is 14.3. The van der Waals surface area contributed by atoms with Crippen molar-refractivity contribution in [1.29, 1.82) is 0 Å². The van der Waals surface area contributed by atoms with E-state index in [1.165, 1.54) is 18.2 Å². The fourth-order valence-electron chi connectivity index (χ4n) is 4.39. The van der Waals surface area contributed by atoms with E-state index in [-0.39, 0.29) is 42.3 Å². The lowest BCUT2D eigenvalue weighted by molar-refractivity contribution is -0.137. The van der Waals surface area contributed by atoms with Gasteiger partial charge < -0.3 is 19.9 Å². The van der Waals surface area contributed by atoms with Crippen LogP contribution in [0, 0.1) is 0 Å². The van der Waals surface area contributed by atoms with Crippen LogP contribution in [0.5, 0.6) is 11.5 Å². The molecule has 4 rings (SSSR count). The predicted molar refractivity (Wildman–Crippen MR) is 166 cm³/mol. The number of hydrogen-bond donors (Lipinski definition) is 2. The van der Waals surface area contributed by atoms with Crippen LogP contribution in [0.15, 0.2) is 89.8 Å². The normalized spacial score (nSPS) is 11.6. The summed E-state index contributed by atoms with van der Waals surface area (Å²) < 4.78 is 41.2. The predicted octanol–water partition coefficient (Wildman–Crippen LogP) is 7.37. The summed E-state index contributed by atoms with van der Waals surface area (Å²) in [6, 6.07) is 23.7. The average Bonchev–Trinajstić information content (AvgIpc) is 2.93. The molecule has 0 radical (unpaired) electrons. The lowest BCUT2D eigenvalue weighted by Gasteiger charge is -2.27. The second-order valence-electron chi connectivity index (χ2n) is 10.8. The topological polar surface area (TPSA) is 122 Å². The first kappa shape index (κ1) is 31.7. The minimum Gasteiger partial charge on any atom is -0.481 e. The summed E-state index contributed by atoms with van der Waals surface area (Å²) in [6.45, 7) is 5.38. The molecule has 0 saturated carbocycles. The number of nitrogens with one attached hydrogen (secondary N) is 1. The third kappa shape index (κ3) is 8.39. The number of carboxylic acid groups (broad SMARTS) is 1. The molecule has 11 heteroatoms. The Morgan fingerprint density at radius 2 is 1.67 bits per heavy atom. The number of benzene rings is 4. The van der Waals surface area contributed by atoms with Crippen molar-refractivity contribution >= 4 is 50.1 Å². The molecule has 4 aromatic rings. The van der Waals surface area contributed by atoms with Gasteiger partial charge in [0.25, 0.3) is 10.0 Å². The first-order valence-electron chi connectivity index (χ1n) is 13.6. The number of halogens is 1. The fraction of sp³-hybridized carbons (Fsp3) is 0.250. The van der Waals surface area contributed by atoms with E-state index in [9.17, 15) is 23.1 Å². The average molecular weight is 625 g/mol. The van der Waals surface area contributed by atoms with E-state index < -0.39 is 27.7 Å². The van der Waals surface area contributed by atoms with Crippen LogP contribution in [-0.4, -0.2) is 37.7 Å². The lowest BCUT2D eigenvalue weighted by Crippen LogP contribution is -2.33. The number of rotatable bonds is 11. The number of amides is 1. The van der Waals surface area contributed by atoms with Crippen LogP contribution < -0.4 is 14.4 Å². The highest BCUT2D eigenvalue weighted by Gasteiger charge is 2.29. The lowest BCUT2D eigenvalue weighted by atomic mass is 10.1. The minimum atomic E-state index is -4.19. The molecule has 0 aliphatic heterocycles. The molecule has 0 aliphatic rings. The van der Waals surface area contributed by atoms with Gasteiger partial charge in [0.1, 0.15) is 11.4 Å². The molecule has 0 spiro atoms. The van der Waals surface area contributed by atoms with Crippen molar-refractivity contribution in [2.45, 2.75) is 50.7 Å². The van der Waals surface area contributed by atoms with E-state index in [0.717, 1.165) is 9.69 Å². The number of anilines is 1. The van der Waals surface area contributed by atoms with Gasteiger partial charge >= 0.3 is 12.1 Å². The molecule has 0 aromatic heterocycles. The molecule has 0 fully saturated rings. The van der Waals surface area contributed by atoms with Crippen LogP contribution in [0.25, 0.3) is 10.8 Å². The van der Waals surface area contributed by atoms with Crippen LogP contribution in [0.4, 0.5) is 10.5 Å². The standard InChI is InChI=1S/C32H33ClN2O7S/c1-32(2,3)42-31(38)34-21-22-9-6-12-25(19-22)41-28-20-24(33)16-17-27(28)35(18-8-15-30(36)37)43(39,40)29-14-7-11-23-10-4-5-13-26(23)29/h4-7,9-14,16-17,19-20H,8,15,18,21H2,1-3H3,(H,34,38)(H,36,37). The highest BCUT2D eigenvalue weighted by molar-refractivity contribution is 7.93. The highest BCUT2D eigenvalue weighted by Crippen LogP contribution is 2.39. The summed E-state index contributed by atoms with van der Waals surface area (Å²) in [4.78, 5) is 23.5. The Balaban J connectivity index is 1.70. The zero-order valence-electron chi connectivity index (χ0n) is 24.0. The van der Waals surface area contributed by atoms with Crippen molar-refractivity contribution in [2.24, 2.45) is 0 Å². The SMILES string of the molecule is CC(C)(C)OC(=O)NCc1cccc(Oc2cc(Cl)ccc2N(CCCC(=O)O)S(=O)(=O)c2cccc3ccccc23)c1. The van der Waals surface area contributed by atoms with Gasteiger partial charge in [0, 0.05) is 36.0 Å². The molecule has 226 valence electrons. The number of ether oxygens (including phenoxy) is 2. The maximum Gasteiger partial charge on any atom is 0.407 e. The third-order valence-corrected chi connectivity index (χ3v) is 8.33. The van der Waals surface area contributed by atoms with Gasteiger partial charge in [0.2, 0.25) is 0 Å². The van der Waals surface area contributed by atoms with Gasteiger partial charge in [-0.1, -0.05) is 60.1 Å². The number of aliphatic carboxylic acids is 1. The van der Waals surface area contributed by atoms with Crippen molar-refractivity contribution in [2.75, 3.05) is 10.8 Å². The van der Waals surface area contributed by atoms with Crippen LogP contribution in [0.3, 0.4) is 0 Å². The fourth-order valence-corrected chi connectivity index (χ4v) is 6.29. The second kappa shape index (κ2) is 13.4. The van der Waals surface area contributed by atoms with Gasteiger partial charge in [-0.2, -0.15) is 0 Å². The summed E-state index contributed by atoms with van der Waals surface area (Å²) in [7, 11) is -4.19. The zero-order valence-corrected chi connectivity index (χ0v) is 25.6. The van der Waals surface area contributed by atoms with Crippen molar-refractivity contribution in [3.63, 3.8) is 0 Å². The van der Waals surface area contributed by atoms with Gasteiger partial charge in [0.15, 0.2) is 5.75 Å². The smallest absolute Gasteiger partial charge is 0.407 e. The van der Waals surface area contributed by atoms with E-state index >= 15 is 0 Å². The van der Waals surface area contributed by atoms with E-state index in [2.05, 4.69) is 5.32 Å². The van der Waals surface area contributed by atoms with Gasteiger partial charge in [-0.05, 0) is 68.5 Å². The van der Waals surface area contributed by atoms with Gasteiger partial charge in [-0.25, -0.2) is 13.2 Å². The molecule has 0 aliphatic carbocycles. The highest BCUT2D eigenvalue weighted by atomic mass is 35.5. The molecule has 0 heterocycles. The number of fused-ring (bicyclic) bond motifs is 1. The molecule has 1 amide bonds. The van der Waals surface area contributed by atoms with Crippen LogP contribution in [-0.2, 0) is 26.1 Å². The van der Waals surface area contributed by atoms with Crippen LogP contribution in [0.1, 0.15) is 39.2 Å². The molecule has 4 aromatic carbocycles. The molecule has 2 N–H and O–H groups in total. The molecular weight excluding hydrogens is 592 g/mol. The largest absolute Gasteiger partial charge is 0.481 e. The number of nitrogens with zero attached hydrogens (tertiary/aromatic N) is 1. The number of sulfonamides is 1. The summed E-state index contributed by atoms with van der Waals surface area (Å²) in [6.07, 6.45) is -0.725. The number of alkyl carbamates (subject to hydrolysis) is 1. The van der Waals surface area contributed by atoms with Crippen LogP contribution >= 0.6 is 11.6 Å². The Morgan fingerprint density at radius 3 is 2.42 bits per heavy atom. The molecule has 0 unspecified atom stereocenters. The first-order valence-corrected chi connectivity index (χ1v) is 15.4. The Kier molecular flexibility index (Phi) is 9.83. The maximum atomic E-state index is 14.3. The van der Waals surface area contributed by atoms with Crippen molar-refractivity contribution in [3.8, 4) is 11.5 Å². The Morgan fingerprint density at radius 1 is 0.953 bits per heavy atom. The minimum absolute atomic E-state index is 0.0627. The van der Waals surface area contributed by atoms with Gasteiger partial charge in [-0.15, -0.1) is 0 Å². The van der Waals surface area contributed by atoms with E-state index in [0.29, 0.717) is 21.7 Å². The van der Waals surface area contributed by atoms with E-state index in [1.54, 1.807) is 69.3 Å². The molecule has 0 bridgehead atoms. The van der Waals surface area contributed by atoms with Crippen molar-refractivity contribution < 1.29 is 32.6 Å². The second-order valence-corrected chi connectivity index (χ2v) is 13.0. The molecule has 43 heavy (non-hydrogen) atoms. The Hall–Kier alpha value is -4.28. The molecule has 0 saturated heterocycles. The van der Waals surface area contributed by atoms with Gasteiger partial charge in [-0.3, -0.25) is 9.10 Å². The first-order chi connectivity index (χ1) is 20.3.